The molecule has 3 saturated heterocycles. The van der Waals surface area contributed by atoms with Crippen molar-refractivity contribution < 1.29 is 33.0 Å². The lowest BCUT2D eigenvalue weighted by molar-refractivity contribution is 0.0161. The third-order valence-electron chi connectivity index (χ3n) is 11.1. The van der Waals surface area contributed by atoms with E-state index in [0.717, 1.165) is 32.2 Å². The summed E-state index contributed by atoms with van der Waals surface area (Å²) in [5.41, 5.74) is 0.260. The number of nitrogens with zero attached hydrogens (tertiary/aromatic N) is 7. The van der Waals surface area contributed by atoms with E-state index in [4.69, 9.17) is 26.1 Å². The number of esters is 1. The average Bonchev–Trinajstić information content (AvgIpc) is 3.77. The highest BCUT2D eigenvalue weighted by Crippen LogP contribution is 2.43. The zero-order valence-electron chi connectivity index (χ0n) is 29.6. The molecule has 1 N–H and O–H groups in total. The summed E-state index contributed by atoms with van der Waals surface area (Å²) in [5.74, 6) is -1.54. The molecule has 5 aromatic rings. The van der Waals surface area contributed by atoms with E-state index in [-0.39, 0.29) is 95.8 Å². The summed E-state index contributed by atoms with van der Waals surface area (Å²) in [5, 5.41) is 20.3. The Bertz CT molecular complexity index is 2350. The maximum atomic E-state index is 16.9. The Hall–Kier alpha value is -5.65. The van der Waals surface area contributed by atoms with Crippen LogP contribution in [0.2, 0.25) is 5.02 Å². The van der Waals surface area contributed by atoms with E-state index in [2.05, 4.69) is 20.9 Å². The molecule has 3 aliphatic rings. The standard InChI is InChI=1S/C40H36ClF2N7O5/c41-32-30(42)11-10-24-8-4-9-28(31(24)32)34-33(43)35-29(20-45-34)36(48-18-19-49(39(52)53)26(21-48)13-16-44)47-38(46-35)54-22-27-12-15-40(14-5-17-50(27)40)23-55-37(51)25-6-2-1-3-7-25/h1-4,6-11,20,26-27H,5,12-15,17-19,21-23H2,(H,52,53)/t26-,27?,40?/m0/s1. The quantitative estimate of drug-likeness (QED) is 0.154. The van der Waals surface area contributed by atoms with Gasteiger partial charge in [0.05, 0.1) is 40.0 Å². The molecule has 0 aliphatic carbocycles. The second kappa shape index (κ2) is 14.9. The molecule has 0 spiro atoms. The number of carbonyl (C=O) groups is 2. The predicted molar refractivity (Wildman–Crippen MR) is 200 cm³/mol. The highest BCUT2D eigenvalue weighted by atomic mass is 35.5. The fourth-order valence-corrected chi connectivity index (χ4v) is 8.69. The van der Waals surface area contributed by atoms with Gasteiger partial charge in [-0.05, 0) is 55.8 Å². The summed E-state index contributed by atoms with van der Waals surface area (Å²) < 4.78 is 43.7. The summed E-state index contributed by atoms with van der Waals surface area (Å²) in [6.07, 6.45) is 3.64. The van der Waals surface area contributed by atoms with Crippen LogP contribution in [0.1, 0.15) is 42.5 Å². The molecule has 5 heterocycles. The second-order valence-corrected chi connectivity index (χ2v) is 14.6. The van der Waals surface area contributed by atoms with Gasteiger partial charge in [-0.2, -0.15) is 15.2 Å². The number of anilines is 1. The Morgan fingerprint density at radius 3 is 2.65 bits per heavy atom. The number of hydrogen-bond donors (Lipinski definition) is 1. The zero-order valence-corrected chi connectivity index (χ0v) is 30.4. The van der Waals surface area contributed by atoms with Crippen LogP contribution in [0.4, 0.5) is 19.4 Å². The van der Waals surface area contributed by atoms with Gasteiger partial charge in [-0.3, -0.25) is 9.88 Å². The Balaban J connectivity index is 1.13. The Morgan fingerprint density at radius 1 is 1.02 bits per heavy atom. The van der Waals surface area contributed by atoms with Crippen molar-refractivity contribution in [3.8, 4) is 23.3 Å². The van der Waals surface area contributed by atoms with Crippen LogP contribution in [0.25, 0.3) is 32.9 Å². The third-order valence-corrected chi connectivity index (χ3v) is 11.5. The number of hydrogen-bond acceptors (Lipinski definition) is 10. The smallest absolute Gasteiger partial charge is 0.407 e. The van der Waals surface area contributed by atoms with E-state index in [1.807, 2.05) is 6.07 Å². The molecule has 8 rings (SSSR count). The van der Waals surface area contributed by atoms with Gasteiger partial charge in [0, 0.05) is 42.8 Å². The molecule has 3 fully saturated rings. The van der Waals surface area contributed by atoms with Crippen molar-refractivity contribution in [3.63, 3.8) is 0 Å². The maximum Gasteiger partial charge on any atom is 0.407 e. The largest absolute Gasteiger partial charge is 0.465 e. The Labute approximate surface area is 319 Å². The molecule has 0 bridgehead atoms. The average molecular weight is 768 g/mol. The van der Waals surface area contributed by atoms with Crippen molar-refractivity contribution in [2.45, 2.75) is 49.7 Å². The van der Waals surface area contributed by atoms with Gasteiger partial charge in [0.2, 0.25) is 0 Å². The van der Waals surface area contributed by atoms with Crippen LogP contribution in [0.15, 0.2) is 66.9 Å². The van der Waals surface area contributed by atoms with Crippen molar-refractivity contribution in [2.24, 2.45) is 0 Å². The molecule has 282 valence electrons. The number of piperazine rings is 1. The normalized spacial score (nSPS) is 21.1. The molecule has 3 aromatic carbocycles. The summed E-state index contributed by atoms with van der Waals surface area (Å²) >= 11 is 6.42. The Morgan fingerprint density at radius 2 is 1.85 bits per heavy atom. The van der Waals surface area contributed by atoms with E-state index in [0.29, 0.717) is 16.3 Å². The number of halogens is 3. The van der Waals surface area contributed by atoms with Crippen LogP contribution in [-0.4, -0.2) is 98.9 Å². The fraction of sp³-hybridized carbons (Fsp3) is 0.350. The molecule has 55 heavy (non-hydrogen) atoms. The number of amides is 1. The van der Waals surface area contributed by atoms with Gasteiger partial charge in [0.15, 0.2) is 5.82 Å². The van der Waals surface area contributed by atoms with Crippen molar-refractivity contribution in [1.82, 2.24) is 24.8 Å². The van der Waals surface area contributed by atoms with E-state index in [9.17, 15) is 24.3 Å². The van der Waals surface area contributed by atoms with Crippen LogP contribution < -0.4 is 9.64 Å². The number of nitriles is 1. The lowest BCUT2D eigenvalue weighted by atomic mass is 9.95. The number of aromatic nitrogens is 3. The van der Waals surface area contributed by atoms with Gasteiger partial charge in [0.25, 0.3) is 0 Å². The van der Waals surface area contributed by atoms with Crippen molar-refractivity contribution >= 4 is 51.2 Å². The molecular weight excluding hydrogens is 732 g/mol. The lowest BCUT2D eigenvalue weighted by Gasteiger charge is -2.39. The van der Waals surface area contributed by atoms with E-state index in [1.54, 1.807) is 53.4 Å². The molecule has 2 aromatic heterocycles. The minimum atomic E-state index is -1.14. The number of benzene rings is 3. The van der Waals surface area contributed by atoms with Crippen molar-refractivity contribution in [2.75, 3.05) is 44.3 Å². The molecule has 3 aliphatic heterocycles. The first-order chi connectivity index (χ1) is 26.7. The van der Waals surface area contributed by atoms with Crippen LogP contribution in [0.5, 0.6) is 6.01 Å². The van der Waals surface area contributed by atoms with Gasteiger partial charge in [-0.1, -0.05) is 54.1 Å². The monoisotopic (exact) mass is 767 g/mol. The zero-order chi connectivity index (χ0) is 38.3. The maximum absolute atomic E-state index is 16.9. The predicted octanol–water partition coefficient (Wildman–Crippen LogP) is 7.09. The topological polar surface area (TPSA) is 145 Å². The minimum absolute atomic E-state index is 0.0506. The molecule has 1 amide bonds. The molecule has 3 atom stereocenters. The van der Waals surface area contributed by atoms with Crippen molar-refractivity contribution in [3.05, 3.63) is 89.1 Å². The highest BCUT2D eigenvalue weighted by molar-refractivity contribution is 6.36. The summed E-state index contributed by atoms with van der Waals surface area (Å²) in [6.45, 7) is 1.65. The first-order valence-corrected chi connectivity index (χ1v) is 18.5. The number of ether oxygens (including phenoxy) is 2. The van der Waals surface area contributed by atoms with Crippen LogP contribution in [0, 0.1) is 23.0 Å². The number of pyridine rings is 1. The molecule has 0 saturated carbocycles. The lowest BCUT2D eigenvalue weighted by Crippen LogP contribution is -2.55. The van der Waals surface area contributed by atoms with E-state index in [1.165, 1.54) is 17.2 Å². The third kappa shape index (κ3) is 6.72. The second-order valence-electron chi connectivity index (χ2n) is 14.2. The van der Waals surface area contributed by atoms with Gasteiger partial charge >= 0.3 is 18.1 Å². The van der Waals surface area contributed by atoms with Gasteiger partial charge < -0.3 is 24.4 Å². The molecular formula is C40H36ClF2N7O5. The molecule has 15 heteroatoms. The van der Waals surface area contributed by atoms with Gasteiger partial charge in [-0.15, -0.1) is 0 Å². The number of carboxylic acid groups (broad SMARTS) is 1. The van der Waals surface area contributed by atoms with Crippen molar-refractivity contribution in [1.29, 1.82) is 5.26 Å². The molecule has 2 unspecified atom stereocenters. The first kappa shape index (κ1) is 36.3. The first-order valence-electron chi connectivity index (χ1n) is 18.1. The Kier molecular flexibility index (Phi) is 9.83. The van der Waals surface area contributed by atoms with Crippen LogP contribution in [0.3, 0.4) is 0 Å². The van der Waals surface area contributed by atoms with Crippen LogP contribution >= 0.6 is 11.6 Å². The van der Waals surface area contributed by atoms with E-state index < -0.39 is 23.8 Å². The highest BCUT2D eigenvalue weighted by Gasteiger charge is 2.50. The summed E-state index contributed by atoms with van der Waals surface area (Å²) in [6, 6.07) is 18.0. The van der Waals surface area contributed by atoms with E-state index >= 15 is 4.39 Å². The van der Waals surface area contributed by atoms with Gasteiger partial charge in [0.1, 0.15) is 36.1 Å². The number of fused-ring (bicyclic) bond motifs is 3. The number of carbonyl (C=O) groups excluding carboxylic acids is 1. The van der Waals surface area contributed by atoms with Crippen LogP contribution in [-0.2, 0) is 4.74 Å². The fourth-order valence-electron chi connectivity index (χ4n) is 8.42. The summed E-state index contributed by atoms with van der Waals surface area (Å²) in [4.78, 5) is 43.9. The molecule has 12 nitrogen and oxygen atoms in total. The van der Waals surface area contributed by atoms with Gasteiger partial charge in [-0.25, -0.2) is 18.4 Å². The summed E-state index contributed by atoms with van der Waals surface area (Å²) in [7, 11) is 0. The molecule has 0 radical (unpaired) electrons. The SMILES string of the molecule is N#CC[C@H]1CN(c2nc(OCC3CCC4(COC(=O)c5ccccc5)CCCN34)nc3c(F)c(-c4cccc5ccc(F)c(Cl)c45)ncc23)CCN1C(=O)O. The number of rotatable bonds is 9. The minimum Gasteiger partial charge on any atom is -0.465 e.